The van der Waals surface area contributed by atoms with Crippen molar-refractivity contribution in [2.75, 3.05) is 51.3 Å². The number of carbonyl (C=O) groups excluding carboxylic acids is 1. The molecule has 2 N–H and O–H groups in total. The Hall–Kier alpha value is -1.21. The highest BCUT2D eigenvalue weighted by Crippen LogP contribution is 2.32. The lowest BCUT2D eigenvalue weighted by Crippen LogP contribution is -2.46. The van der Waals surface area contributed by atoms with Gasteiger partial charge in [-0.05, 0) is 12.1 Å². The van der Waals surface area contributed by atoms with Gasteiger partial charge in [0.15, 0.2) is 11.5 Å². The Bertz CT molecular complexity index is 511. The lowest BCUT2D eigenvalue weighted by atomic mass is 10.2. The summed E-state index contributed by atoms with van der Waals surface area (Å²) in [6.45, 7) is 5.45. The molecule has 1 aromatic rings. The van der Waals surface area contributed by atoms with E-state index in [0.717, 1.165) is 44.0 Å². The highest BCUT2D eigenvalue weighted by Gasteiger charge is 2.15. The van der Waals surface area contributed by atoms with E-state index in [1.165, 1.54) is 0 Å². The molecule has 0 atom stereocenters. The number of rotatable bonds is 3. The van der Waals surface area contributed by atoms with Crippen LogP contribution >= 0.6 is 24.8 Å². The molecule has 1 aromatic carbocycles. The molecule has 2 aliphatic heterocycles. The molecule has 0 aromatic heterocycles. The minimum absolute atomic E-state index is 0. The molecule has 8 heteroatoms. The molecule has 6 nitrogen and oxygen atoms in total. The predicted octanol–water partition coefficient (Wildman–Crippen LogP) is 1.54. The molecule has 0 saturated carbocycles. The molecule has 23 heavy (non-hydrogen) atoms. The largest absolute Gasteiger partial charge is 0.490 e. The first kappa shape index (κ1) is 19.8. The maximum absolute atomic E-state index is 12.1. The zero-order valence-corrected chi connectivity index (χ0v) is 14.5. The Balaban J connectivity index is 0.00000132. The number of benzene rings is 1. The summed E-state index contributed by atoms with van der Waals surface area (Å²) in [6.07, 6.45) is 0.874. The van der Waals surface area contributed by atoms with Crippen LogP contribution < -0.4 is 20.1 Å². The fraction of sp³-hybridized carbons (Fsp3) is 0.533. The van der Waals surface area contributed by atoms with E-state index in [0.29, 0.717) is 25.5 Å². The van der Waals surface area contributed by atoms with Gasteiger partial charge in [0.1, 0.15) is 0 Å². The molecular formula is C15H23Cl2N3O3. The number of nitrogens with one attached hydrogen (secondary N) is 2. The molecule has 1 fully saturated rings. The number of ether oxygens (including phenoxy) is 2. The van der Waals surface area contributed by atoms with Crippen molar-refractivity contribution in [3.8, 4) is 11.5 Å². The molecule has 3 rings (SSSR count). The van der Waals surface area contributed by atoms with Gasteiger partial charge < -0.3 is 20.1 Å². The third-order valence-electron chi connectivity index (χ3n) is 3.61. The molecule has 2 heterocycles. The molecule has 1 saturated heterocycles. The van der Waals surface area contributed by atoms with Crippen molar-refractivity contribution in [2.24, 2.45) is 0 Å². The minimum atomic E-state index is 0. The van der Waals surface area contributed by atoms with E-state index in [4.69, 9.17) is 9.47 Å². The van der Waals surface area contributed by atoms with Crippen molar-refractivity contribution in [1.29, 1.82) is 0 Å². The fourth-order valence-electron chi connectivity index (χ4n) is 2.51. The number of nitrogens with zero attached hydrogens (tertiary/aromatic N) is 1. The first-order valence-electron chi connectivity index (χ1n) is 7.44. The molecule has 1 amide bonds. The van der Waals surface area contributed by atoms with E-state index >= 15 is 0 Å². The molecule has 0 aliphatic carbocycles. The summed E-state index contributed by atoms with van der Waals surface area (Å²) in [5.41, 5.74) is 0.749. The SMILES string of the molecule is Cl.Cl.O=C(CN1CCNCC1)Nc1ccc2c(c1)OCCCO2. The Kier molecular flexibility index (Phi) is 8.47. The summed E-state index contributed by atoms with van der Waals surface area (Å²) in [7, 11) is 0. The number of hydrogen-bond acceptors (Lipinski definition) is 5. The second kappa shape index (κ2) is 9.82. The van der Waals surface area contributed by atoms with Gasteiger partial charge in [-0.25, -0.2) is 0 Å². The van der Waals surface area contributed by atoms with Gasteiger partial charge in [-0.2, -0.15) is 0 Å². The van der Waals surface area contributed by atoms with Crippen LogP contribution in [-0.2, 0) is 4.79 Å². The van der Waals surface area contributed by atoms with Crippen molar-refractivity contribution in [2.45, 2.75) is 6.42 Å². The quantitative estimate of drug-likeness (QED) is 0.852. The van der Waals surface area contributed by atoms with E-state index in [1.54, 1.807) is 0 Å². The van der Waals surface area contributed by atoms with E-state index in [9.17, 15) is 4.79 Å². The van der Waals surface area contributed by atoms with E-state index < -0.39 is 0 Å². The first-order valence-corrected chi connectivity index (χ1v) is 7.44. The average Bonchev–Trinajstić information content (AvgIpc) is 2.73. The van der Waals surface area contributed by atoms with Gasteiger partial charge in [-0.3, -0.25) is 9.69 Å². The summed E-state index contributed by atoms with van der Waals surface area (Å²) in [4.78, 5) is 14.2. The van der Waals surface area contributed by atoms with E-state index in [1.807, 2.05) is 18.2 Å². The first-order chi connectivity index (χ1) is 10.3. The second-order valence-corrected chi connectivity index (χ2v) is 5.29. The molecule has 2 aliphatic rings. The summed E-state index contributed by atoms with van der Waals surface area (Å²) in [5.74, 6) is 1.45. The molecule has 0 bridgehead atoms. The van der Waals surface area contributed by atoms with Crippen LogP contribution in [-0.4, -0.2) is 56.7 Å². The fourth-order valence-corrected chi connectivity index (χ4v) is 2.51. The predicted molar refractivity (Wildman–Crippen MR) is 94.5 cm³/mol. The van der Waals surface area contributed by atoms with E-state index in [2.05, 4.69) is 15.5 Å². The Morgan fingerprint density at radius 1 is 1.13 bits per heavy atom. The number of piperazine rings is 1. The zero-order valence-electron chi connectivity index (χ0n) is 12.9. The molecule has 0 unspecified atom stereocenters. The molecule has 130 valence electrons. The van der Waals surface area contributed by atoms with Crippen LogP contribution in [0, 0.1) is 0 Å². The number of amides is 1. The summed E-state index contributed by atoms with van der Waals surface area (Å²) >= 11 is 0. The van der Waals surface area contributed by atoms with Crippen molar-refractivity contribution < 1.29 is 14.3 Å². The Morgan fingerprint density at radius 2 is 1.83 bits per heavy atom. The van der Waals surface area contributed by atoms with Gasteiger partial charge in [0.05, 0.1) is 19.8 Å². The third-order valence-corrected chi connectivity index (χ3v) is 3.61. The number of fused-ring (bicyclic) bond motifs is 1. The minimum Gasteiger partial charge on any atom is -0.490 e. The average molecular weight is 364 g/mol. The van der Waals surface area contributed by atoms with Gasteiger partial charge in [-0.1, -0.05) is 0 Å². The third kappa shape index (κ3) is 5.73. The highest BCUT2D eigenvalue weighted by atomic mass is 35.5. The van der Waals surface area contributed by atoms with Crippen LogP contribution in [0.3, 0.4) is 0 Å². The van der Waals surface area contributed by atoms with Gasteiger partial charge >= 0.3 is 0 Å². The monoisotopic (exact) mass is 363 g/mol. The number of hydrogen-bond donors (Lipinski definition) is 2. The van der Waals surface area contributed by atoms with Gasteiger partial charge in [-0.15, -0.1) is 24.8 Å². The van der Waals surface area contributed by atoms with Crippen molar-refractivity contribution in [3.05, 3.63) is 18.2 Å². The van der Waals surface area contributed by atoms with Crippen molar-refractivity contribution in [3.63, 3.8) is 0 Å². The number of carbonyl (C=O) groups is 1. The Labute approximate surface area is 148 Å². The lowest BCUT2D eigenvalue weighted by Gasteiger charge is -2.26. The highest BCUT2D eigenvalue weighted by molar-refractivity contribution is 5.92. The number of halogens is 2. The smallest absolute Gasteiger partial charge is 0.238 e. The van der Waals surface area contributed by atoms with Crippen LogP contribution in [0.25, 0.3) is 0 Å². The van der Waals surface area contributed by atoms with E-state index in [-0.39, 0.29) is 30.7 Å². The maximum Gasteiger partial charge on any atom is 0.238 e. The summed E-state index contributed by atoms with van der Waals surface area (Å²) in [6, 6.07) is 5.53. The lowest BCUT2D eigenvalue weighted by molar-refractivity contribution is -0.117. The van der Waals surface area contributed by atoms with Crippen LogP contribution in [0.4, 0.5) is 5.69 Å². The topological polar surface area (TPSA) is 62.8 Å². The van der Waals surface area contributed by atoms with Crippen LogP contribution in [0.1, 0.15) is 6.42 Å². The Morgan fingerprint density at radius 3 is 2.57 bits per heavy atom. The van der Waals surface area contributed by atoms with Crippen molar-refractivity contribution in [1.82, 2.24) is 10.2 Å². The zero-order chi connectivity index (χ0) is 14.5. The van der Waals surface area contributed by atoms with Gasteiger partial charge in [0.25, 0.3) is 0 Å². The molecule has 0 spiro atoms. The maximum atomic E-state index is 12.1. The van der Waals surface area contributed by atoms with Gasteiger partial charge in [0, 0.05) is 44.4 Å². The molecule has 0 radical (unpaired) electrons. The second-order valence-electron chi connectivity index (χ2n) is 5.29. The van der Waals surface area contributed by atoms with Crippen molar-refractivity contribution >= 4 is 36.4 Å². The van der Waals surface area contributed by atoms with Crippen LogP contribution in [0.2, 0.25) is 0 Å². The summed E-state index contributed by atoms with van der Waals surface area (Å²) < 4.78 is 11.2. The van der Waals surface area contributed by atoms with Gasteiger partial charge in [0.2, 0.25) is 5.91 Å². The normalized spacial score (nSPS) is 17.2. The van der Waals surface area contributed by atoms with Crippen LogP contribution in [0.5, 0.6) is 11.5 Å². The standard InChI is InChI=1S/C15H21N3O3.2ClH/c19-15(11-18-6-4-16-5-7-18)17-12-2-3-13-14(10-12)21-9-1-8-20-13;;/h2-3,10,16H,1,4-9,11H2,(H,17,19);2*1H. The number of anilines is 1. The van der Waals surface area contributed by atoms with Crippen LogP contribution in [0.15, 0.2) is 18.2 Å². The summed E-state index contributed by atoms with van der Waals surface area (Å²) in [5, 5.41) is 6.20. The molecular weight excluding hydrogens is 341 g/mol.